The van der Waals surface area contributed by atoms with Crippen molar-refractivity contribution in [2.45, 2.75) is 25.4 Å². The first-order chi connectivity index (χ1) is 7.16. The lowest BCUT2D eigenvalue weighted by atomic mass is 10.0. The van der Waals surface area contributed by atoms with Crippen molar-refractivity contribution < 1.29 is 9.53 Å². The summed E-state index contributed by atoms with van der Waals surface area (Å²) in [6.45, 7) is 4.23. The summed E-state index contributed by atoms with van der Waals surface area (Å²) in [6, 6.07) is 2.03. The molecule has 1 aliphatic heterocycles. The minimum atomic E-state index is -0.177. The molecule has 0 unspecified atom stereocenters. The Morgan fingerprint density at radius 1 is 1.67 bits per heavy atom. The van der Waals surface area contributed by atoms with Gasteiger partial charge in [-0.3, -0.25) is 4.79 Å². The van der Waals surface area contributed by atoms with E-state index in [2.05, 4.69) is 10.6 Å². The van der Waals surface area contributed by atoms with Gasteiger partial charge in [0.25, 0.3) is 0 Å². The van der Waals surface area contributed by atoms with Crippen molar-refractivity contribution >= 4 is 5.91 Å². The summed E-state index contributed by atoms with van der Waals surface area (Å²) in [5.41, 5.74) is -0.177. The fourth-order valence-corrected chi connectivity index (χ4v) is 1.27. The highest BCUT2D eigenvalue weighted by atomic mass is 16.5. The van der Waals surface area contributed by atoms with Gasteiger partial charge in [-0.05, 0) is 13.3 Å². The molecule has 84 valence electrons. The number of carbonyl (C=O) groups is 1. The highest BCUT2D eigenvalue weighted by Gasteiger charge is 2.32. The van der Waals surface area contributed by atoms with Gasteiger partial charge in [0.2, 0.25) is 5.91 Å². The molecule has 0 aromatic heterocycles. The SMILES string of the molecule is CC1(OCC(=O)NCCCC#N)CNC1. The van der Waals surface area contributed by atoms with Crippen LogP contribution in [0.1, 0.15) is 19.8 Å². The van der Waals surface area contributed by atoms with Gasteiger partial charge >= 0.3 is 0 Å². The molecule has 5 heteroatoms. The van der Waals surface area contributed by atoms with E-state index in [0.717, 1.165) is 13.1 Å². The number of hydrogen-bond acceptors (Lipinski definition) is 4. The van der Waals surface area contributed by atoms with Gasteiger partial charge < -0.3 is 15.4 Å². The van der Waals surface area contributed by atoms with E-state index in [4.69, 9.17) is 10.00 Å². The minimum absolute atomic E-state index is 0.102. The van der Waals surface area contributed by atoms with Crippen LogP contribution in [0.5, 0.6) is 0 Å². The first-order valence-corrected chi connectivity index (χ1v) is 5.15. The van der Waals surface area contributed by atoms with Crippen molar-refractivity contribution in [3.63, 3.8) is 0 Å². The van der Waals surface area contributed by atoms with E-state index in [9.17, 15) is 4.79 Å². The molecule has 5 nitrogen and oxygen atoms in total. The van der Waals surface area contributed by atoms with Crippen LogP contribution < -0.4 is 10.6 Å². The standard InChI is InChI=1S/C10H17N3O2/c1-10(7-12-8-10)15-6-9(14)13-5-3-2-4-11/h12H,2-3,5-8H2,1H3,(H,13,14). The molecule has 2 N–H and O–H groups in total. The van der Waals surface area contributed by atoms with Crippen molar-refractivity contribution in [1.82, 2.24) is 10.6 Å². The second-order valence-corrected chi connectivity index (χ2v) is 3.95. The maximum Gasteiger partial charge on any atom is 0.246 e. The van der Waals surface area contributed by atoms with Crippen LogP contribution in [0.2, 0.25) is 0 Å². The van der Waals surface area contributed by atoms with Gasteiger partial charge in [-0.15, -0.1) is 0 Å². The summed E-state index contributed by atoms with van der Waals surface area (Å²) in [6.07, 6.45) is 1.17. The number of nitrogens with zero attached hydrogens (tertiary/aromatic N) is 1. The zero-order valence-corrected chi connectivity index (χ0v) is 9.01. The topological polar surface area (TPSA) is 74.1 Å². The van der Waals surface area contributed by atoms with Gasteiger partial charge in [-0.1, -0.05) is 0 Å². The molecule has 1 fully saturated rings. The molecule has 1 aliphatic rings. The van der Waals surface area contributed by atoms with Crippen LogP contribution in [0.4, 0.5) is 0 Å². The van der Waals surface area contributed by atoms with Gasteiger partial charge in [-0.25, -0.2) is 0 Å². The Balaban J connectivity index is 2.01. The van der Waals surface area contributed by atoms with Crippen molar-refractivity contribution in [1.29, 1.82) is 5.26 Å². The predicted octanol–water partition coefficient (Wildman–Crippen LogP) is -0.215. The molecule has 1 rings (SSSR count). The van der Waals surface area contributed by atoms with E-state index in [0.29, 0.717) is 19.4 Å². The van der Waals surface area contributed by atoms with Gasteiger partial charge in [0.1, 0.15) is 6.61 Å². The molecule has 0 aliphatic carbocycles. The molecule has 0 aromatic rings. The zero-order valence-electron chi connectivity index (χ0n) is 9.01. The van der Waals surface area contributed by atoms with Crippen LogP contribution in [0.15, 0.2) is 0 Å². The number of carbonyl (C=O) groups excluding carboxylic acids is 1. The van der Waals surface area contributed by atoms with E-state index < -0.39 is 0 Å². The highest BCUT2D eigenvalue weighted by molar-refractivity contribution is 5.77. The summed E-state index contributed by atoms with van der Waals surface area (Å²) < 4.78 is 5.44. The number of unbranched alkanes of at least 4 members (excludes halogenated alkanes) is 1. The molecule has 0 saturated carbocycles. The summed E-state index contributed by atoms with van der Waals surface area (Å²) in [4.78, 5) is 11.3. The van der Waals surface area contributed by atoms with Crippen LogP contribution in [-0.4, -0.2) is 37.7 Å². The Morgan fingerprint density at radius 2 is 2.40 bits per heavy atom. The highest BCUT2D eigenvalue weighted by Crippen LogP contribution is 2.14. The minimum Gasteiger partial charge on any atom is -0.363 e. The molecule has 0 aromatic carbocycles. The summed E-state index contributed by atoms with van der Waals surface area (Å²) >= 11 is 0. The number of nitrogens with one attached hydrogen (secondary N) is 2. The van der Waals surface area contributed by atoms with Crippen molar-refractivity contribution in [3.05, 3.63) is 0 Å². The number of hydrogen-bond donors (Lipinski definition) is 2. The maximum absolute atomic E-state index is 11.3. The van der Waals surface area contributed by atoms with Crippen LogP contribution in [-0.2, 0) is 9.53 Å². The first kappa shape index (κ1) is 12.0. The molecule has 0 atom stereocenters. The molecule has 0 spiro atoms. The van der Waals surface area contributed by atoms with E-state index in [-0.39, 0.29) is 18.1 Å². The first-order valence-electron chi connectivity index (χ1n) is 5.15. The third-order valence-corrected chi connectivity index (χ3v) is 2.34. The second-order valence-electron chi connectivity index (χ2n) is 3.95. The summed E-state index contributed by atoms with van der Waals surface area (Å²) in [5, 5.41) is 14.1. The van der Waals surface area contributed by atoms with Gasteiger partial charge in [0, 0.05) is 26.1 Å². The second kappa shape index (κ2) is 5.69. The van der Waals surface area contributed by atoms with E-state index in [1.165, 1.54) is 0 Å². The predicted molar refractivity (Wildman–Crippen MR) is 55.1 cm³/mol. The fourth-order valence-electron chi connectivity index (χ4n) is 1.27. The molecule has 0 radical (unpaired) electrons. The van der Waals surface area contributed by atoms with Crippen LogP contribution in [0, 0.1) is 11.3 Å². The third kappa shape index (κ3) is 4.28. The average molecular weight is 211 g/mol. The van der Waals surface area contributed by atoms with E-state index in [1.807, 2.05) is 13.0 Å². The number of ether oxygens (including phenoxy) is 1. The Kier molecular flexibility index (Phi) is 4.53. The summed E-state index contributed by atoms with van der Waals surface area (Å²) in [7, 11) is 0. The molecule has 1 heterocycles. The van der Waals surface area contributed by atoms with Crippen molar-refractivity contribution in [2.75, 3.05) is 26.2 Å². The Bertz CT molecular complexity index is 256. The molecular formula is C10H17N3O2. The molecule has 0 bridgehead atoms. The Hall–Kier alpha value is -1.12. The van der Waals surface area contributed by atoms with Gasteiger partial charge in [0.15, 0.2) is 0 Å². The molecular weight excluding hydrogens is 194 g/mol. The molecule has 1 amide bonds. The van der Waals surface area contributed by atoms with Crippen molar-refractivity contribution in [2.24, 2.45) is 0 Å². The Labute approximate surface area is 89.8 Å². The van der Waals surface area contributed by atoms with Crippen LogP contribution in [0.25, 0.3) is 0 Å². The third-order valence-electron chi connectivity index (χ3n) is 2.34. The zero-order chi connectivity index (χ0) is 11.1. The van der Waals surface area contributed by atoms with Crippen molar-refractivity contribution in [3.8, 4) is 6.07 Å². The molecule has 15 heavy (non-hydrogen) atoms. The smallest absolute Gasteiger partial charge is 0.246 e. The number of rotatable bonds is 6. The van der Waals surface area contributed by atoms with Gasteiger partial charge in [0.05, 0.1) is 11.7 Å². The van der Waals surface area contributed by atoms with E-state index in [1.54, 1.807) is 0 Å². The van der Waals surface area contributed by atoms with Gasteiger partial charge in [-0.2, -0.15) is 5.26 Å². The van der Waals surface area contributed by atoms with Crippen LogP contribution in [0.3, 0.4) is 0 Å². The normalized spacial score (nSPS) is 17.6. The quantitative estimate of drug-likeness (QED) is 0.596. The monoisotopic (exact) mass is 211 g/mol. The summed E-state index contributed by atoms with van der Waals surface area (Å²) in [5.74, 6) is -0.110. The fraction of sp³-hybridized carbons (Fsp3) is 0.800. The lowest BCUT2D eigenvalue weighted by Gasteiger charge is -2.38. The number of nitriles is 1. The van der Waals surface area contributed by atoms with Crippen LogP contribution >= 0.6 is 0 Å². The molecule has 1 saturated heterocycles. The lowest BCUT2D eigenvalue weighted by molar-refractivity contribution is -0.135. The number of amides is 1. The average Bonchev–Trinajstić information content (AvgIpc) is 2.19. The lowest BCUT2D eigenvalue weighted by Crippen LogP contribution is -2.59. The Morgan fingerprint density at radius 3 is 2.93 bits per heavy atom. The van der Waals surface area contributed by atoms with E-state index >= 15 is 0 Å². The largest absolute Gasteiger partial charge is 0.363 e. The maximum atomic E-state index is 11.3.